The van der Waals surface area contributed by atoms with Crippen molar-refractivity contribution in [2.45, 2.75) is 97.9 Å². The number of hydrogen-bond acceptors (Lipinski definition) is 4. The summed E-state index contributed by atoms with van der Waals surface area (Å²) in [6.45, 7) is 16.0. The van der Waals surface area contributed by atoms with Crippen LogP contribution in [0, 0.1) is 23.2 Å². The number of ketones is 2. The molecule has 1 aliphatic carbocycles. The summed E-state index contributed by atoms with van der Waals surface area (Å²) in [5.74, 6) is -0.283. The van der Waals surface area contributed by atoms with E-state index in [1.54, 1.807) is 0 Å². The molecule has 4 nitrogen and oxygen atoms in total. The lowest BCUT2D eigenvalue weighted by Crippen LogP contribution is -2.49. The number of ether oxygens (including phenoxy) is 1. The Morgan fingerprint density at radius 2 is 1.97 bits per heavy atom. The third-order valence-electron chi connectivity index (χ3n) is 7.89. The van der Waals surface area contributed by atoms with Crippen LogP contribution in [-0.2, 0) is 14.3 Å². The monoisotopic (exact) mass is 402 g/mol. The van der Waals surface area contributed by atoms with Crippen LogP contribution in [0.1, 0.15) is 81.1 Å². The van der Waals surface area contributed by atoms with E-state index in [1.807, 2.05) is 47.6 Å². The molecular weight excluding hydrogens is 364 g/mol. The Bertz CT molecular complexity index is 777. The number of carbonyl (C=O) groups is 2. The molecule has 0 amide bonds. The molecule has 162 valence electrons. The lowest BCUT2D eigenvalue weighted by Gasteiger charge is -2.40. The first-order valence-electron chi connectivity index (χ1n) is 11.1. The lowest BCUT2D eigenvalue weighted by molar-refractivity contribution is -0.152. The minimum absolute atomic E-state index is 0.0193. The van der Waals surface area contributed by atoms with Gasteiger partial charge in [0.15, 0.2) is 11.6 Å². The summed E-state index contributed by atoms with van der Waals surface area (Å²) >= 11 is 0. The highest BCUT2D eigenvalue weighted by Gasteiger charge is 2.71. The summed E-state index contributed by atoms with van der Waals surface area (Å²) in [6.07, 6.45) is 6.36. The van der Waals surface area contributed by atoms with E-state index in [1.165, 1.54) is 0 Å². The van der Waals surface area contributed by atoms with Crippen molar-refractivity contribution in [2.75, 3.05) is 0 Å². The van der Waals surface area contributed by atoms with Crippen LogP contribution in [0.4, 0.5) is 0 Å². The third kappa shape index (κ3) is 3.37. The Morgan fingerprint density at radius 3 is 2.48 bits per heavy atom. The Morgan fingerprint density at radius 1 is 1.34 bits per heavy atom. The summed E-state index contributed by atoms with van der Waals surface area (Å²) in [4.78, 5) is 26.8. The maximum Gasteiger partial charge on any atom is 0.198 e. The fraction of sp³-hybridized carbons (Fsp3) is 0.760. The maximum absolute atomic E-state index is 13.6. The molecule has 1 spiro atoms. The van der Waals surface area contributed by atoms with Crippen molar-refractivity contribution in [1.82, 2.24) is 0 Å². The lowest BCUT2D eigenvalue weighted by atomic mass is 9.66. The van der Waals surface area contributed by atoms with Crippen molar-refractivity contribution in [3.05, 3.63) is 23.3 Å². The summed E-state index contributed by atoms with van der Waals surface area (Å²) < 4.78 is 6.68. The first-order chi connectivity index (χ1) is 13.2. The van der Waals surface area contributed by atoms with Crippen LogP contribution < -0.4 is 0 Å². The zero-order valence-corrected chi connectivity index (χ0v) is 19.4. The van der Waals surface area contributed by atoms with E-state index in [-0.39, 0.29) is 34.7 Å². The van der Waals surface area contributed by atoms with Gasteiger partial charge in [0.05, 0.1) is 16.8 Å². The van der Waals surface area contributed by atoms with E-state index < -0.39 is 16.8 Å². The molecule has 1 saturated heterocycles. The second-order valence-electron chi connectivity index (χ2n) is 11.1. The van der Waals surface area contributed by atoms with Gasteiger partial charge in [-0.05, 0) is 64.4 Å². The molecule has 0 aromatic heterocycles. The molecule has 3 rings (SSSR count). The minimum Gasteiger partial charge on any atom is -0.390 e. The quantitative estimate of drug-likeness (QED) is 0.512. The van der Waals surface area contributed by atoms with E-state index in [4.69, 9.17) is 4.74 Å². The summed E-state index contributed by atoms with van der Waals surface area (Å²) in [6, 6.07) is 0. The molecule has 5 unspecified atom stereocenters. The SMILES string of the molecule is CCC(C)C(=O)C1=CC23CC(C(C)(C)O)C(C)(C)C2CC(CC=C(C)C)(O3)C1=O. The number of Topliss-reactive ketones (excluding diaryl/α,β-unsaturated/α-hetero) is 2. The number of aliphatic hydroxyl groups is 1. The fourth-order valence-corrected chi connectivity index (χ4v) is 6.14. The average Bonchev–Trinajstić information content (AvgIpc) is 3.02. The smallest absolute Gasteiger partial charge is 0.198 e. The first-order valence-corrected chi connectivity index (χ1v) is 11.1. The van der Waals surface area contributed by atoms with Crippen molar-refractivity contribution in [2.24, 2.45) is 23.2 Å². The Labute approximate surface area is 175 Å². The van der Waals surface area contributed by atoms with Gasteiger partial charge < -0.3 is 9.84 Å². The fourth-order valence-electron chi connectivity index (χ4n) is 6.14. The minimum atomic E-state index is -0.961. The molecule has 4 heteroatoms. The summed E-state index contributed by atoms with van der Waals surface area (Å²) in [5, 5.41) is 10.9. The topological polar surface area (TPSA) is 63.6 Å². The Kier molecular flexibility index (Phi) is 5.32. The summed E-state index contributed by atoms with van der Waals surface area (Å²) in [5.41, 5.74) is -1.21. The molecule has 2 heterocycles. The Hall–Kier alpha value is -1.26. The van der Waals surface area contributed by atoms with Crippen LogP contribution in [0.25, 0.3) is 0 Å². The van der Waals surface area contributed by atoms with Crippen LogP contribution in [0.2, 0.25) is 0 Å². The van der Waals surface area contributed by atoms with Crippen LogP contribution in [-0.4, -0.2) is 33.5 Å². The largest absolute Gasteiger partial charge is 0.390 e. The predicted molar refractivity (Wildman–Crippen MR) is 114 cm³/mol. The van der Waals surface area contributed by atoms with Crippen molar-refractivity contribution in [1.29, 1.82) is 0 Å². The molecule has 1 saturated carbocycles. The third-order valence-corrected chi connectivity index (χ3v) is 7.89. The number of fused-ring (bicyclic) bond motifs is 1. The highest BCUT2D eigenvalue weighted by Crippen LogP contribution is 2.67. The van der Waals surface area contributed by atoms with Crippen LogP contribution >= 0.6 is 0 Å². The van der Waals surface area contributed by atoms with Gasteiger partial charge in [0.2, 0.25) is 0 Å². The predicted octanol–water partition coefficient (Wildman–Crippen LogP) is 4.80. The van der Waals surface area contributed by atoms with Gasteiger partial charge in [-0.25, -0.2) is 0 Å². The molecule has 2 fully saturated rings. The van der Waals surface area contributed by atoms with Crippen LogP contribution in [0.3, 0.4) is 0 Å². The number of hydrogen-bond donors (Lipinski definition) is 1. The van der Waals surface area contributed by atoms with Gasteiger partial charge in [-0.1, -0.05) is 39.3 Å². The van der Waals surface area contributed by atoms with Gasteiger partial charge in [-0.2, -0.15) is 0 Å². The van der Waals surface area contributed by atoms with Crippen molar-refractivity contribution in [3.8, 4) is 0 Å². The second kappa shape index (κ2) is 6.88. The van der Waals surface area contributed by atoms with Gasteiger partial charge in [-0.3, -0.25) is 9.59 Å². The van der Waals surface area contributed by atoms with E-state index in [0.29, 0.717) is 31.3 Å². The van der Waals surface area contributed by atoms with E-state index in [2.05, 4.69) is 19.9 Å². The molecule has 29 heavy (non-hydrogen) atoms. The van der Waals surface area contributed by atoms with Gasteiger partial charge >= 0.3 is 0 Å². The van der Waals surface area contributed by atoms with Gasteiger partial charge in [0.1, 0.15) is 5.60 Å². The van der Waals surface area contributed by atoms with Gasteiger partial charge in [-0.15, -0.1) is 0 Å². The zero-order chi connectivity index (χ0) is 22.0. The normalized spacial score (nSPS) is 36.4. The molecule has 0 aromatic carbocycles. The van der Waals surface area contributed by atoms with Gasteiger partial charge in [0.25, 0.3) is 0 Å². The molecular formula is C25H38O4. The highest BCUT2D eigenvalue weighted by atomic mass is 16.5. The van der Waals surface area contributed by atoms with E-state index >= 15 is 0 Å². The maximum atomic E-state index is 13.6. The second-order valence-corrected chi connectivity index (χ2v) is 11.1. The molecule has 3 aliphatic rings. The standard InChI is InChI=1S/C25H38O4/c1-9-16(4)20(26)17-12-25-13-18(23(7,8)28)22(5,6)19(25)14-24(29-25,21(17)27)11-10-15(2)3/h10,12,16,18-19,28H,9,11,13-14H2,1-8H3. The number of rotatable bonds is 6. The molecule has 1 N–H and O–H groups in total. The average molecular weight is 403 g/mol. The van der Waals surface area contributed by atoms with Crippen LogP contribution in [0.15, 0.2) is 23.3 Å². The van der Waals surface area contributed by atoms with Crippen molar-refractivity contribution < 1.29 is 19.4 Å². The first kappa shape index (κ1) is 22.4. The van der Waals surface area contributed by atoms with E-state index in [0.717, 1.165) is 5.57 Å². The van der Waals surface area contributed by atoms with Crippen molar-refractivity contribution in [3.63, 3.8) is 0 Å². The molecule has 0 radical (unpaired) electrons. The molecule has 0 aromatic rings. The molecule has 2 aliphatic heterocycles. The number of carbonyl (C=O) groups excluding carboxylic acids is 2. The Balaban J connectivity index is 2.15. The highest BCUT2D eigenvalue weighted by molar-refractivity contribution is 6.24. The molecule has 2 bridgehead atoms. The summed E-state index contributed by atoms with van der Waals surface area (Å²) in [7, 11) is 0. The van der Waals surface area contributed by atoms with Crippen molar-refractivity contribution >= 4 is 11.6 Å². The van der Waals surface area contributed by atoms with E-state index in [9.17, 15) is 14.7 Å². The molecule has 5 atom stereocenters. The zero-order valence-electron chi connectivity index (χ0n) is 19.4. The number of allylic oxidation sites excluding steroid dienone is 1. The van der Waals surface area contributed by atoms with Gasteiger partial charge in [0, 0.05) is 18.3 Å². The van der Waals surface area contributed by atoms with Crippen LogP contribution in [0.5, 0.6) is 0 Å².